The number of hydrogen-bond acceptors (Lipinski definition) is 5. The van der Waals surface area contributed by atoms with Gasteiger partial charge in [-0.2, -0.15) is 0 Å². The van der Waals surface area contributed by atoms with E-state index in [-0.39, 0.29) is 17.0 Å². The van der Waals surface area contributed by atoms with Gasteiger partial charge in [0.1, 0.15) is 0 Å². The number of nitrogens with two attached hydrogens (primary N) is 2. The summed E-state index contributed by atoms with van der Waals surface area (Å²) in [5, 5.41) is 8.92. The number of carboxylic acid groups (broad SMARTS) is 1. The van der Waals surface area contributed by atoms with Crippen molar-refractivity contribution in [3.05, 3.63) is 42.0 Å². The Morgan fingerprint density at radius 3 is 2.15 bits per heavy atom. The van der Waals surface area contributed by atoms with E-state index in [2.05, 4.69) is 0 Å². The van der Waals surface area contributed by atoms with Crippen LogP contribution in [0.3, 0.4) is 0 Å². The molecule has 2 aromatic rings. The molecule has 0 saturated carbocycles. The standard InChI is InChI=1S/C14H12N2O4/c15-11-5-8(1-3-10(11)14(18)19)9-2-4-13(20-7-17)12(16)6-9/h1-7H,15-16H2,(H,18,19). The van der Waals surface area contributed by atoms with Crippen molar-refractivity contribution in [2.45, 2.75) is 0 Å². The maximum Gasteiger partial charge on any atom is 0.337 e. The molecule has 2 aromatic carbocycles. The first-order valence-corrected chi connectivity index (χ1v) is 5.66. The Bertz CT molecular complexity index is 683. The van der Waals surface area contributed by atoms with E-state index in [1.165, 1.54) is 6.07 Å². The fourth-order valence-corrected chi connectivity index (χ4v) is 1.82. The Kier molecular flexibility index (Phi) is 3.56. The molecule has 0 fully saturated rings. The zero-order valence-corrected chi connectivity index (χ0v) is 10.4. The van der Waals surface area contributed by atoms with Gasteiger partial charge in [-0.1, -0.05) is 12.1 Å². The molecule has 102 valence electrons. The van der Waals surface area contributed by atoms with Crippen molar-refractivity contribution in [1.82, 2.24) is 0 Å². The number of hydrogen-bond donors (Lipinski definition) is 3. The first kappa shape index (κ1) is 13.4. The molecule has 0 aliphatic carbocycles. The van der Waals surface area contributed by atoms with Gasteiger partial charge >= 0.3 is 5.97 Å². The van der Waals surface area contributed by atoms with Crippen LogP contribution in [0.1, 0.15) is 10.4 Å². The van der Waals surface area contributed by atoms with E-state index in [1.54, 1.807) is 30.3 Å². The molecular formula is C14H12N2O4. The molecule has 0 saturated heterocycles. The Morgan fingerprint density at radius 1 is 1.05 bits per heavy atom. The lowest BCUT2D eigenvalue weighted by Gasteiger charge is -2.08. The largest absolute Gasteiger partial charge is 0.478 e. The normalized spacial score (nSPS) is 10.0. The molecule has 0 unspecified atom stereocenters. The Morgan fingerprint density at radius 2 is 1.65 bits per heavy atom. The van der Waals surface area contributed by atoms with E-state index in [0.29, 0.717) is 12.2 Å². The van der Waals surface area contributed by atoms with Gasteiger partial charge in [-0.15, -0.1) is 0 Å². The highest BCUT2D eigenvalue weighted by Crippen LogP contribution is 2.30. The lowest BCUT2D eigenvalue weighted by Crippen LogP contribution is -2.02. The van der Waals surface area contributed by atoms with Crippen LogP contribution in [0.2, 0.25) is 0 Å². The van der Waals surface area contributed by atoms with Crippen LogP contribution in [-0.2, 0) is 4.79 Å². The zero-order valence-electron chi connectivity index (χ0n) is 10.4. The summed E-state index contributed by atoms with van der Waals surface area (Å²) in [7, 11) is 0. The van der Waals surface area contributed by atoms with Crippen LogP contribution in [0.4, 0.5) is 11.4 Å². The molecule has 0 heterocycles. The number of benzene rings is 2. The van der Waals surface area contributed by atoms with Crippen LogP contribution in [0, 0.1) is 0 Å². The molecule has 0 atom stereocenters. The summed E-state index contributed by atoms with van der Waals surface area (Å²) < 4.78 is 4.69. The second-order valence-electron chi connectivity index (χ2n) is 4.07. The van der Waals surface area contributed by atoms with Gasteiger partial charge in [0.15, 0.2) is 5.75 Å². The van der Waals surface area contributed by atoms with Crippen LogP contribution in [-0.4, -0.2) is 17.5 Å². The Balaban J connectivity index is 2.41. The van der Waals surface area contributed by atoms with Crippen molar-refractivity contribution in [1.29, 1.82) is 0 Å². The quantitative estimate of drug-likeness (QED) is 0.576. The molecule has 0 bridgehead atoms. The third kappa shape index (κ3) is 2.54. The third-order valence-electron chi connectivity index (χ3n) is 2.80. The lowest BCUT2D eigenvalue weighted by atomic mass is 10.0. The predicted octanol–water partition coefficient (Wildman–Crippen LogP) is 1.75. The Labute approximate surface area is 114 Å². The minimum absolute atomic E-state index is 0.0441. The van der Waals surface area contributed by atoms with Crippen molar-refractivity contribution in [2.24, 2.45) is 0 Å². The van der Waals surface area contributed by atoms with Crippen molar-refractivity contribution >= 4 is 23.8 Å². The summed E-state index contributed by atoms with van der Waals surface area (Å²) in [4.78, 5) is 21.2. The molecule has 0 amide bonds. The highest BCUT2D eigenvalue weighted by molar-refractivity contribution is 5.94. The van der Waals surface area contributed by atoms with Crippen LogP contribution in [0.5, 0.6) is 5.75 Å². The highest BCUT2D eigenvalue weighted by atomic mass is 16.5. The maximum atomic E-state index is 10.9. The van der Waals surface area contributed by atoms with Crippen molar-refractivity contribution in [2.75, 3.05) is 11.5 Å². The number of anilines is 2. The molecule has 0 radical (unpaired) electrons. The summed E-state index contributed by atoms with van der Waals surface area (Å²) in [5.74, 6) is -0.817. The molecular weight excluding hydrogens is 260 g/mol. The van der Waals surface area contributed by atoms with E-state index >= 15 is 0 Å². The minimum atomic E-state index is -1.08. The van der Waals surface area contributed by atoms with E-state index in [0.717, 1.165) is 11.1 Å². The number of nitrogen functional groups attached to an aromatic ring is 2. The first-order chi connectivity index (χ1) is 9.52. The number of carbonyl (C=O) groups excluding carboxylic acids is 1. The molecule has 5 N–H and O–H groups in total. The topological polar surface area (TPSA) is 116 Å². The Hall–Kier alpha value is -3.02. The number of ether oxygens (including phenoxy) is 1. The molecule has 0 spiro atoms. The van der Waals surface area contributed by atoms with Gasteiger partial charge in [-0.05, 0) is 35.4 Å². The summed E-state index contributed by atoms with van der Waals surface area (Å²) >= 11 is 0. The summed E-state index contributed by atoms with van der Waals surface area (Å²) in [6.45, 7) is 0.297. The van der Waals surface area contributed by atoms with Gasteiger partial charge in [0, 0.05) is 5.69 Å². The average molecular weight is 272 g/mol. The van der Waals surface area contributed by atoms with Crippen LogP contribution in [0.25, 0.3) is 11.1 Å². The van der Waals surface area contributed by atoms with E-state index in [4.69, 9.17) is 21.3 Å². The smallest absolute Gasteiger partial charge is 0.337 e. The van der Waals surface area contributed by atoms with Gasteiger partial charge in [-0.25, -0.2) is 4.79 Å². The molecule has 20 heavy (non-hydrogen) atoms. The number of carboxylic acids is 1. The SMILES string of the molecule is Nc1cc(-c2ccc(C(=O)O)c(N)c2)ccc1OC=O. The van der Waals surface area contributed by atoms with Gasteiger partial charge in [0.2, 0.25) is 0 Å². The predicted molar refractivity (Wildman–Crippen MR) is 74.4 cm³/mol. The second kappa shape index (κ2) is 5.31. The van der Waals surface area contributed by atoms with E-state index in [1.807, 2.05) is 0 Å². The van der Waals surface area contributed by atoms with Gasteiger partial charge in [0.25, 0.3) is 6.47 Å². The summed E-state index contributed by atoms with van der Waals surface area (Å²) in [5.41, 5.74) is 13.4. The second-order valence-corrected chi connectivity index (χ2v) is 4.07. The van der Waals surface area contributed by atoms with Crippen molar-refractivity contribution < 1.29 is 19.4 Å². The fourth-order valence-electron chi connectivity index (χ4n) is 1.82. The summed E-state index contributed by atoms with van der Waals surface area (Å²) in [6, 6.07) is 9.49. The van der Waals surface area contributed by atoms with Crippen molar-refractivity contribution in [3.8, 4) is 16.9 Å². The monoisotopic (exact) mass is 272 g/mol. The molecule has 6 nitrogen and oxygen atoms in total. The van der Waals surface area contributed by atoms with Crippen molar-refractivity contribution in [3.63, 3.8) is 0 Å². The third-order valence-corrected chi connectivity index (χ3v) is 2.80. The highest BCUT2D eigenvalue weighted by Gasteiger charge is 2.10. The number of aromatic carboxylic acids is 1. The van der Waals surface area contributed by atoms with Gasteiger partial charge < -0.3 is 21.3 Å². The number of rotatable bonds is 4. The molecule has 0 aliphatic heterocycles. The van der Waals surface area contributed by atoms with Crippen LogP contribution < -0.4 is 16.2 Å². The number of carbonyl (C=O) groups is 2. The lowest BCUT2D eigenvalue weighted by molar-refractivity contribution is -0.120. The molecule has 0 aliphatic rings. The fraction of sp³-hybridized carbons (Fsp3) is 0. The van der Waals surface area contributed by atoms with Crippen LogP contribution >= 0.6 is 0 Å². The van der Waals surface area contributed by atoms with E-state index in [9.17, 15) is 9.59 Å². The average Bonchev–Trinajstić information content (AvgIpc) is 2.40. The van der Waals surface area contributed by atoms with E-state index < -0.39 is 5.97 Å². The van der Waals surface area contributed by atoms with Gasteiger partial charge in [0.05, 0.1) is 11.3 Å². The van der Waals surface area contributed by atoms with Crippen LogP contribution in [0.15, 0.2) is 36.4 Å². The molecule has 2 rings (SSSR count). The molecule has 0 aromatic heterocycles. The molecule has 6 heteroatoms. The zero-order chi connectivity index (χ0) is 14.7. The van der Waals surface area contributed by atoms with Gasteiger partial charge in [-0.3, -0.25) is 4.79 Å². The minimum Gasteiger partial charge on any atom is -0.478 e. The maximum absolute atomic E-state index is 10.9. The summed E-state index contributed by atoms with van der Waals surface area (Å²) in [6.07, 6.45) is 0. The first-order valence-electron chi connectivity index (χ1n) is 5.66.